The van der Waals surface area contributed by atoms with Crippen LogP contribution in [0.15, 0.2) is 23.1 Å². The van der Waals surface area contributed by atoms with Crippen molar-refractivity contribution in [2.75, 3.05) is 13.2 Å². The molecule has 3 N–H and O–H groups in total. The number of alkyl halides is 3. The molecule has 0 fully saturated rings. The average molecular weight is 329 g/mol. The molecule has 1 aromatic carbocycles. The van der Waals surface area contributed by atoms with Crippen LogP contribution >= 0.6 is 0 Å². The number of sulfonamides is 1. The van der Waals surface area contributed by atoms with E-state index in [0.29, 0.717) is 0 Å². The molecule has 0 radical (unpaired) electrons. The Morgan fingerprint density at radius 1 is 1.29 bits per heavy atom. The first-order valence-corrected chi connectivity index (χ1v) is 6.79. The van der Waals surface area contributed by atoms with Gasteiger partial charge in [0, 0.05) is 0 Å². The molecule has 7 nitrogen and oxygen atoms in total. The number of carbonyl (C=O) groups is 1. The highest BCUT2D eigenvalue weighted by Gasteiger charge is 2.28. The monoisotopic (exact) mass is 329 g/mol. The minimum Gasteiger partial charge on any atom is -0.490 e. The van der Waals surface area contributed by atoms with E-state index < -0.39 is 40.5 Å². The lowest BCUT2D eigenvalue weighted by Gasteiger charge is -2.12. The van der Waals surface area contributed by atoms with Crippen molar-refractivity contribution in [1.82, 2.24) is 0 Å². The maximum Gasteiger partial charge on any atom is 0.522 e. The Bertz CT molecular complexity index is 628. The molecular formula is C10H10F3NO6S. The van der Waals surface area contributed by atoms with Crippen molar-refractivity contribution < 1.29 is 41.0 Å². The van der Waals surface area contributed by atoms with Gasteiger partial charge in [-0.25, -0.2) is 18.4 Å². The molecule has 0 unspecified atom stereocenters. The number of rotatable bonds is 6. The Hall–Kier alpha value is -1.85. The molecule has 1 rings (SSSR count). The Labute approximate surface area is 117 Å². The number of ether oxygens (including phenoxy) is 2. The number of primary sulfonamides is 1. The van der Waals surface area contributed by atoms with Crippen LogP contribution in [-0.4, -0.2) is 39.1 Å². The van der Waals surface area contributed by atoms with Gasteiger partial charge in [0.1, 0.15) is 17.3 Å². The van der Waals surface area contributed by atoms with Gasteiger partial charge in [0.05, 0.1) is 12.2 Å². The van der Waals surface area contributed by atoms with Crippen molar-refractivity contribution in [2.45, 2.75) is 11.3 Å². The molecule has 0 aliphatic carbocycles. The van der Waals surface area contributed by atoms with Gasteiger partial charge in [-0.15, -0.1) is 13.2 Å². The topological polar surface area (TPSA) is 116 Å². The van der Waals surface area contributed by atoms with Gasteiger partial charge in [-0.2, -0.15) is 0 Å². The molecule has 0 heterocycles. The lowest BCUT2D eigenvalue weighted by Crippen LogP contribution is -2.19. The van der Waals surface area contributed by atoms with Crippen molar-refractivity contribution in [3.05, 3.63) is 23.8 Å². The first-order valence-electron chi connectivity index (χ1n) is 5.24. The van der Waals surface area contributed by atoms with E-state index in [0.717, 1.165) is 18.2 Å². The van der Waals surface area contributed by atoms with Crippen molar-refractivity contribution in [3.8, 4) is 5.75 Å². The number of hydrogen-bond acceptors (Lipinski definition) is 5. The van der Waals surface area contributed by atoms with Crippen molar-refractivity contribution >= 4 is 16.0 Å². The van der Waals surface area contributed by atoms with Crippen LogP contribution in [0.2, 0.25) is 0 Å². The molecule has 0 aliphatic rings. The zero-order valence-corrected chi connectivity index (χ0v) is 11.1. The molecule has 0 atom stereocenters. The van der Waals surface area contributed by atoms with Gasteiger partial charge in [0.25, 0.3) is 0 Å². The average Bonchev–Trinajstić information content (AvgIpc) is 2.32. The first-order chi connectivity index (χ1) is 9.50. The number of carboxylic acid groups (broad SMARTS) is 1. The summed E-state index contributed by atoms with van der Waals surface area (Å²) >= 11 is 0. The van der Waals surface area contributed by atoms with E-state index in [1.165, 1.54) is 0 Å². The van der Waals surface area contributed by atoms with Crippen LogP contribution in [0.1, 0.15) is 10.4 Å². The van der Waals surface area contributed by atoms with E-state index in [2.05, 4.69) is 4.74 Å². The highest BCUT2D eigenvalue weighted by atomic mass is 32.2. The summed E-state index contributed by atoms with van der Waals surface area (Å²) < 4.78 is 66.1. The van der Waals surface area contributed by atoms with Crippen molar-refractivity contribution in [2.24, 2.45) is 5.14 Å². The van der Waals surface area contributed by atoms with Crippen LogP contribution in [0, 0.1) is 0 Å². The van der Waals surface area contributed by atoms with E-state index in [1.807, 2.05) is 0 Å². The van der Waals surface area contributed by atoms with Crippen molar-refractivity contribution in [3.63, 3.8) is 0 Å². The molecule has 0 saturated carbocycles. The standard InChI is InChI=1S/C10H10F3NO6S/c11-10(12,13)20-4-3-19-7-2-1-6(9(15)16)5-8(7)21(14,17)18/h1-2,5H,3-4H2,(H,15,16)(H2,14,17,18). The van der Waals surface area contributed by atoms with Gasteiger partial charge in [-0.05, 0) is 18.2 Å². The predicted molar refractivity (Wildman–Crippen MR) is 62.3 cm³/mol. The zero-order chi connectivity index (χ0) is 16.3. The molecule has 118 valence electrons. The van der Waals surface area contributed by atoms with Crippen LogP contribution in [0.4, 0.5) is 13.2 Å². The molecule has 0 amide bonds. The van der Waals surface area contributed by atoms with Gasteiger partial charge in [0.2, 0.25) is 10.0 Å². The number of carboxylic acids is 1. The SMILES string of the molecule is NS(=O)(=O)c1cc(C(=O)O)ccc1OCCOC(F)(F)F. The molecule has 0 saturated heterocycles. The third kappa shape index (κ3) is 5.57. The van der Waals surface area contributed by atoms with Crippen molar-refractivity contribution in [1.29, 1.82) is 0 Å². The largest absolute Gasteiger partial charge is 0.522 e. The molecule has 21 heavy (non-hydrogen) atoms. The Morgan fingerprint density at radius 3 is 2.38 bits per heavy atom. The minimum absolute atomic E-state index is 0.363. The quantitative estimate of drug-likeness (QED) is 0.751. The second-order valence-corrected chi connectivity index (χ2v) is 5.18. The molecule has 0 aliphatic heterocycles. The van der Waals surface area contributed by atoms with E-state index in [9.17, 15) is 26.4 Å². The van der Waals surface area contributed by atoms with Gasteiger partial charge in [-0.3, -0.25) is 4.74 Å². The van der Waals surface area contributed by atoms with E-state index in [4.69, 9.17) is 15.0 Å². The number of halogens is 3. The van der Waals surface area contributed by atoms with Crippen LogP contribution in [-0.2, 0) is 14.8 Å². The smallest absolute Gasteiger partial charge is 0.490 e. The highest BCUT2D eigenvalue weighted by molar-refractivity contribution is 7.89. The van der Waals surface area contributed by atoms with E-state index >= 15 is 0 Å². The molecule has 0 aromatic heterocycles. The number of hydrogen-bond donors (Lipinski definition) is 2. The molecular weight excluding hydrogens is 319 g/mol. The Kier molecular flexibility index (Phi) is 5.15. The van der Waals surface area contributed by atoms with Crippen LogP contribution in [0.25, 0.3) is 0 Å². The fourth-order valence-electron chi connectivity index (χ4n) is 1.29. The number of nitrogens with two attached hydrogens (primary N) is 1. The summed E-state index contributed by atoms with van der Waals surface area (Å²) in [4.78, 5) is 10.1. The summed E-state index contributed by atoms with van der Waals surface area (Å²) in [6.07, 6.45) is -4.83. The predicted octanol–water partition coefficient (Wildman–Crippen LogP) is 0.947. The van der Waals surface area contributed by atoms with Crippen LogP contribution in [0.3, 0.4) is 0 Å². The molecule has 11 heteroatoms. The molecule has 0 spiro atoms. The summed E-state index contributed by atoms with van der Waals surface area (Å²) in [6.45, 7) is -1.47. The second-order valence-electron chi connectivity index (χ2n) is 3.65. The van der Waals surface area contributed by atoms with Gasteiger partial charge < -0.3 is 9.84 Å². The van der Waals surface area contributed by atoms with E-state index in [-0.39, 0.29) is 11.3 Å². The fraction of sp³-hybridized carbons (Fsp3) is 0.300. The second kappa shape index (κ2) is 6.28. The lowest BCUT2D eigenvalue weighted by atomic mass is 10.2. The van der Waals surface area contributed by atoms with Gasteiger partial charge in [-0.1, -0.05) is 0 Å². The maximum atomic E-state index is 11.7. The highest BCUT2D eigenvalue weighted by Crippen LogP contribution is 2.24. The lowest BCUT2D eigenvalue weighted by molar-refractivity contribution is -0.325. The normalized spacial score (nSPS) is 12.2. The summed E-state index contributed by atoms with van der Waals surface area (Å²) in [6, 6.07) is 2.76. The summed E-state index contributed by atoms with van der Waals surface area (Å²) in [5.41, 5.74) is -0.363. The third-order valence-electron chi connectivity index (χ3n) is 2.10. The number of aromatic carboxylic acids is 1. The van der Waals surface area contributed by atoms with Crippen LogP contribution in [0.5, 0.6) is 5.75 Å². The fourth-order valence-corrected chi connectivity index (χ4v) is 1.99. The van der Waals surface area contributed by atoms with Gasteiger partial charge in [0.15, 0.2) is 0 Å². The zero-order valence-electron chi connectivity index (χ0n) is 10.3. The molecule has 0 bridgehead atoms. The van der Waals surface area contributed by atoms with Crippen LogP contribution < -0.4 is 9.88 Å². The van der Waals surface area contributed by atoms with Gasteiger partial charge >= 0.3 is 12.3 Å². The summed E-state index contributed by atoms with van der Waals surface area (Å²) in [5.74, 6) is -1.76. The molecule has 1 aromatic rings. The third-order valence-corrected chi connectivity index (χ3v) is 3.04. The van der Waals surface area contributed by atoms with E-state index in [1.54, 1.807) is 0 Å². The summed E-state index contributed by atoms with van der Waals surface area (Å²) in [7, 11) is -4.31. The Balaban J connectivity index is 2.89. The summed E-state index contributed by atoms with van der Waals surface area (Å²) in [5, 5.41) is 13.6. The maximum absolute atomic E-state index is 11.7. The minimum atomic E-state index is -4.83. The Morgan fingerprint density at radius 2 is 1.90 bits per heavy atom. The first kappa shape index (κ1) is 17.2. The number of benzene rings is 1.